The molecule has 0 radical (unpaired) electrons. The van der Waals surface area contributed by atoms with E-state index in [9.17, 15) is 9.90 Å². The van der Waals surface area contributed by atoms with Gasteiger partial charge >= 0.3 is 0 Å². The Labute approximate surface area is 139 Å². The fourth-order valence-electron chi connectivity index (χ4n) is 2.57. The molecule has 0 atom stereocenters. The summed E-state index contributed by atoms with van der Waals surface area (Å²) in [4.78, 5) is 16.4. The summed E-state index contributed by atoms with van der Waals surface area (Å²) in [6.07, 6.45) is 6.76. The monoisotopic (exact) mass is 332 g/mol. The number of rotatable bonds is 5. The Morgan fingerprint density at radius 2 is 2.04 bits per heavy atom. The third-order valence-electron chi connectivity index (χ3n) is 4.04. The van der Waals surface area contributed by atoms with E-state index >= 15 is 0 Å². The molecular formula is C16H20N4O2S. The van der Waals surface area contributed by atoms with Crippen molar-refractivity contribution in [2.45, 2.75) is 18.4 Å². The van der Waals surface area contributed by atoms with Gasteiger partial charge < -0.3 is 10.4 Å². The summed E-state index contributed by atoms with van der Waals surface area (Å²) in [6.45, 7) is -0.0143. The molecule has 1 aromatic carbocycles. The Hall–Kier alpha value is -1.99. The van der Waals surface area contributed by atoms with Crippen LogP contribution in [0.1, 0.15) is 23.2 Å². The number of amides is 1. The number of thioether (sulfide) groups is 1. The standard InChI is InChI=1S/C16H20N4O2S/c21-11-16(5-9-23-10-6-16)18-15(22)13-1-3-14(4-2-13)19-20-8-7-17-12-20/h1-4,7-8,12,19,21H,5-6,9-11H2,(H,18,22). The predicted molar refractivity (Wildman–Crippen MR) is 91.5 cm³/mol. The summed E-state index contributed by atoms with van der Waals surface area (Å²) in [5, 5.41) is 12.7. The van der Waals surface area contributed by atoms with Crippen molar-refractivity contribution in [3.8, 4) is 0 Å². The molecule has 122 valence electrons. The molecule has 0 bridgehead atoms. The van der Waals surface area contributed by atoms with E-state index in [1.165, 1.54) is 0 Å². The van der Waals surface area contributed by atoms with Crippen LogP contribution in [0.25, 0.3) is 0 Å². The molecule has 1 fully saturated rings. The van der Waals surface area contributed by atoms with Crippen molar-refractivity contribution in [2.24, 2.45) is 0 Å². The van der Waals surface area contributed by atoms with Crippen molar-refractivity contribution < 1.29 is 9.90 Å². The Morgan fingerprint density at radius 3 is 2.65 bits per heavy atom. The van der Waals surface area contributed by atoms with E-state index in [0.29, 0.717) is 5.56 Å². The highest BCUT2D eigenvalue weighted by atomic mass is 32.2. The lowest BCUT2D eigenvalue weighted by molar-refractivity contribution is 0.0817. The Balaban J connectivity index is 1.65. The number of carbonyl (C=O) groups excluding carboxylic acids is 1. The summed E-state index contributed by atoms with van der Waals surface area (Å²) in [7, 11) is 0. The summed E-state index contributed by atoms with van der Waals surface area (Å²) in [6, 6.07) is 7.24. The second-order valence-corrected chi connectivity index (χ2v) is 6.89. The van der Waals surface area contributed by atoms with Crippen LogP contribution in [0.15, 0.2) is 43.0 Å². The lowest BCUT2D eigenvalue weighted by Gasteiger charge is -2.36. The third-order valence-corrected chi connectivity index (χ3v) is 5.03. The van der Waals surface area contributed by atoms with Gasteiger partial charge in [0, 0.05) is 18.0 Å². The minimum Gasteiger partial charge on any atom is -0.394 e. The van der Waals surface area contributed by atoms with Crippen molar-refractivity contribution in [3.63, 3.8) is 0 Å². The molecule has 6 nitrogen and oxygen atoms in total. The molecule has 3 rings (SSSR count). The Kier molecular flexibility index (Phi) is 4.88. The van der Waals surface area contributed by atoms with E-state index in [-0.39, 0.29) is 12.5 Å². The largest absolute Gasteiger partial charge is 0.394 e. The molecule has 0 spiro atoms. The topological polar surface area (TPSA) is 79.2 Å². The summed E-state index contributed by atoms with van der Waals surface area (Å²) in [5.74, 6) is 1.79. The average Bonchev–Trinajstić information content (AvgIpc) is 3.09. The van der Waals surface area contributed by atoms with Gasteiger partial charge in [-0.25, -0.2) is 4.98 Å². The van der Waals surface area contributed by atoms with Gasteiger partial charge in [-0.1, -0.05) is 0 Å². The molecule has 0 saturated carbocycles. The number of aliphatic hydroxyl groups is 1. The summed E-state index contributed by atoms with van der Waals surface area (Å²) in [5.41, 5.74) is 4.11. The number of nitrogens with one attached hydrogen (secondary N) is 2. The van der Waals surface area contributed by atoms with Crippen molar-refractivity contribution in [3.05, 3.63) is 48.5 Å². The number of imidazole rings is 1. The molecule has 2 aromatic rings. The first-order valence-corrected chi connectivity index (χ1v) is 8.72. The van der Waals surface area contributed by atoms with Gasteiger partial charge in [-0.3, -0.25) is 14.9 Å². The molecule has 1 aromatic heterocycles. The van der Waals surface area contributed by atoms with Gasteiger partial charge in [0.15, 0.2) is 0 Å². The quantitative estimate of drug-likeness (QED) is 0.777. The van der Waals surface area contributed by atoms with Crippen molar-refractivity contribution in [1.29, 1.82) is 0 Å². The zero-order valence-corrected chi connectivity index (χ0v) is 13.6. The van der Waals surface area contributed by atoms with Gasteiger partial charge in [0.2, 0.25) is 0 Å². The lowest BCUT2D eigenvalue weighted by Crippen LogP contribution is -2.53. The van der Waals surface area contributed by atoms with Crippen LogP contribution < -0.4 is 10.7 Å². The molecule has 1 saturated heterocycles. The number of nitrogens with zero attached hydrogens (tertiary/aromatic N) is 2. The van der Waals surface area contributed by atoms with E-state index in [1.807, 2.05) is 23.9 Å². The second kappa shape index (κ2) is 7.06. The molecule has 23 heavy (non-hydrogen) atoms. The normalized spacial score (nSPS) is 16.7. The van der Waals surface area contributed by atoms with Gasteiger partial charge in [-0.05, 0) is 48.6 Å². The first-order chi connectivity index (χ1) is 11.2. The molecule has 1 aliphatic heterocycles. The van der Waals surface area contributed by atoms with Crippen LogP contribution in [-0.2, 0) is 0 Å². The summed E-state index contributed by atoms with van der Waals surface area (Å²) >= 11 is 1.86. The lowest BCUT2D eigenvalue weighted by atomic mass is 9.92. The van der Waals surface area contributed by atoms with Crippen LogP contribution in [0.3, 0.4) is 0 Å². The van der Waals surface area contributed by atoms with Crippen molar-refractivity contribution in [1.82, 2.24) is 15.0 Å². The number of aromatic nitrogens is 2. The number of aliphatic hydroxyl groups excluding tert-OH is 1. The van der Waals surface area contributed by atoms with Gasteiger partial charge in [-0.2, -0.15) is 11.8 Å². The van der Waals surface area contributed by atoms with Crippen LogP contribution in [-0.4, -0.2) is 44.3 Å². The van der Waals surface area contributed by atoms with Gasteiger partial charge in [0.05, 0.1) is 17.8 Å². The zero-order valence-electron chi connectivity index (χ0n) is 12.7. The molecule has 0 unspecified atom stereocenters. The van der Waals surface area contributed by atoms with Gasteiger partial charge in [0.25, 0.3) is 5.91 Å². The molecular weight excluding hydrogens is 312 g/mol. The minimum absolute atomic E-state index is 0.0143. The number of benzene rings is 1. The van der Waals surface area contributed by atoms with E-state index < -0.39 is 5.54 Å². The maximum absolute atomic E-state index is 12.4. The smallest absolute Gasteiger partial charge is 0.251 e. The van der Waals surface area contributed by atoms with Crippen molar-refractivity contribution in [2.75, 3.05) is 23.5 Å². The van der Waals surface area contributed by atoms with Gasteiger partial charge in [0.1, 0.15) is 6.33 Å². The first-order valence-electron chi connectivity index (χ1n) is 7.57. The number of carbonyl (C=O) groups is 1. The second-order valence-electron chi connectivity index (χ2n) is 5.66. The SMILES string of the molecule is O=C(NC1(CO)CCSCC1)c1ccc(Nn2ccnc2)cc1. The van der Waals surface area contributed by atoms with E-state index in [1.54, 1.807) is 35.5 Å². The zero-order chi connectivity index (χ0) is 16.1. The van der Waals surface area contributed by atoms with Crippen LogP contribution >= 0.6 is 11.8 Å². The number of anilines is 1. The van der Waals surface area contributed by atoms with Gasteiger partial charge in [-0.15, -0.1) is 0 Å². The Bertz CT molecular complexity index is 637. The number of hydrogen-bond donors (Lipinski definition) is 3. The van der Waals surface area contributed by atoms with Crippen LogP contribution in [0.2, 0.25) is 0 Å². The molecule has 1 amide bonds. The number of hydrogen-bond acceptors (Lipinski definition) is 5. The average molecular weight is 332 g/mol. The predicted octanol–water partition coefficient (Wildman–Crippen LogP) is 1.75. The van der Waals surface area contributed by atoms with Crippen LogP contribution in [0, 0.1) is 0 Å². The first kappa shape index (κ1) is 15.9. The molecule has 7 heteroatoms. The van der Waals surface area contributed by atoms with E-state index in [2.05, 4.69) is 15.7 Å². The van der Waals surface area contributed by atoms with Crippen LogP contribution in [0.4, 0.5) is 5.69 Å². The van der Waals surface area contributed by atoms with Crippen LogP contribution in [0.5, 0.6) is 0 Å². The highest BCUT2D eigenvalue weighted by Crippen LogP contribution is 2.27. The maximum Gasteiger partial charge on any atom is 0.251 e. The fraction of sp³-hybridized carbons (Fsp3) is 0.375. The van der Waals surface area contributed by atoms with Crippen molar-refractivity contribution >= 4 is 23.4 Å². The molecule has 1 aliphatic rings. The highest BCUT2D eigenvalue weighted by Gasteiger charge is 2.33. The highest BCUT2D eigenvalue weighted by molar-refractivity contribution is 7.99. The molecule has 2 heterocycles. The molecule has 0 aliphatic carbocycles. The Morgan fingerprint density at radius 1 is 1.30 bits per heavy atom. The fourth-order valence-corrected chi connectivity index (χ4v) is 3.84. The minimum atomic E-state index is -0.476. The third kappa shape index (κ3) is 3.86. The molecule has 3 N–H and O–H groups in total. The van der Waals surface area contributed by atoms with E-state index in [0.717, 1.165) is 30.0 Å². The van der Waals surface area contributed by atoms with E-state index in [4.69, 9.17) is 0 Å². The summed E-state index contributed by atoms with van der Waals surface area (Å²) < 4.78 is 1.73. The maximum atomic E-state index is 12.4.